The molecule has 0 bridgehead atoms. The Balaban J connectivity index is 1.28. The smallest absolute Gasteiger partial charge is 0.319 e. The van der Waals surface area contributed by atoms with Gasteiger partial charge in [0.2, 0.25) is 0 Å². The van der Waals surface area contributed by atoms with E-state index in [9.17, 15) is 9.18 Å². The Hall–Kier alpha value is -3.22. The van der Waals surface area contributed by atoms with Crippen molar-refractivity contribution in [2.75, 3.05) is 5.32 Å². The van der Waals surface area contributed by atoms with E-state index in [0.717, 1.165) is 54.5 Å². The average Bonchev–Trinajstić information content (AvgIpc) is 2.71. The molecule has 144 valence electrons. The molecule has 2 aromatic carbocycles. The zero-order chi connectivity index (χ0) is 19.3. The van der Waals surface area contributed by atoms with Crippen LogP contribution >= 0.6 is 0 Å². The molecule has 3 aromatic rings. The third kappa shape index (κ3) is 4.36. The number of hydrogen-bond donors (Lipinski definition) is 2. The van der Waals surface area contributed by atoms with Crippen molar-refractivity contribution in [3.05, 3.63) is 60.7 Å². The largest absolute Gasteiger partial charge is 0.460 e. The summed E-state index contributed by atoms with van der Waals surface area (Å²) in [5.41, 5.74) is 0.793. The van der Waals surface area contributed by atoms with Crippen molar-refractivity contribution in [1.82, 2.24) is 15.3 Å². The molecule has 1 saturated carbocycles. The Kier molecular flexibility index (Phi) is 5.32. The lowest BCUT2D eigenvalue weighted by Gasteiger charge is -2.28. The van der Waals surface area contributed by atoms with E-state index >= 15 is 0 Å². The molecule has 1 fully saturated rings. The summed E-state index contributed by atoms with van der Waals surface area (Å²) in [5.74, 6) is -0.488. The van der Waals surface area contributed by atoms with Gasteiger partial charge in [0.15, 0.2) is 5.82 Å². The first-order valence-electron chi connectivity index (χ1n) is 9.37. The van der Waals surface area contributed by atoms with Crippen LogP contribution in [0.15, 0.2) is 54.9 Å². The molecule has 0 atom stereocenters. The van der Waals surface area contributed by atoms with Gasteiger partial charge in [-0.15, -0.1) is 0 Å². The summed E-state index contributed by atoms with van der Waals surface area (Å²) in [4.78, 5) is 20.1. The van der Waals surface area contributed by atoms with Crippen LogP contribution in [0.25, 0.3) is 10.8 Å². The molecule has 1 aliphatic rings. The molecule has 4 rings (SSSR count). The maximum atomic E-state index is 12.9. The lowest BCUT2D eigenvalue weighted by molar-refractivity contribution is 0.129. The second-order valence-corrected chi connectivity index (χ2v) is 6.90. The van der Waals surface area contributed by atoms with Crippen LogP contribution in [0, 0.1) is 5.82 Å². The summed E-state index contributed by atoms with van der Waals surface area (Å²) in [6, 6.07) is 13.9. The Bertz CT molecular complexity index is 951. The third-order valence-corrected chi connectivity index (χ3v) is 4.92. The lowest BCUT2D eigenvalue weighted by Crippen LogP contribution is -2.41. The number of benzene rings is 2. The molecule has 0 unspecified atom stereocenters. The van der Waals surface area contributed by atoms with Gasteiger partial charge in [-0.05, 0) is 37.1 Å². The van der Waals surface area contributed by atoms with Crippen molar-refractivity contribution in [2.24, 2.45) is 0 Å². The van der Waals surface area contributed by atoms with Crippen LogP contribution in [0.5, 0.6) is 6.01 Å². The minimum absolute atomic E-state index is 0.0235. The molecule has 0 aliphatic heterocycles. The van der Waals surface area contributed by atoms with Crippen molar-refractivity contribution in [1.29, 1.82) is 0 Å². The first-order valence-corrected chi connectivity index (χ1v) is 9.37. The number of carbonyl (C=O) groups is 1. The standard InChI is InChI=1S/C21H21FN4O2/c22-15-12-23-21(24-13-15)28-17-10-8-16(9-11-17)25-20(27)26-19-7-3-5-14-4-1-2-6-18(14)19/h1-7,12-13,16-17H,8-11H2,(H2,25,26,27). The molecule has 2 amide bonds. The van der Waals surface area contributed by atoms with E-state index in [1.54, 1.807) is 0 Å². The van der Waals surface area contributed by atoms with Crippen LogP contribution in [0.1, 0.15) is 25.7 Å². The van der Waals surface area contributed by atoms with E-state index in [4.69, 9.17) is 4.74 Å². The average molecular weight is 380 g/mol. The van der Waals surface area contributed by atoms with E-state index < -0.39 is 5.82 Å². The number of hydrogen-bond acceptors (Lipinski definition) is 4. The van der Waals surface area contributed by atoms with Crippen LogP contribution in [-0.2, 0) is 0 Å². The molecule has 7 heteroatoms. The number of aromatic nitrogens is 2. The van der Waals surface area contributed by atoms with E-state index in [1.165, 1.54) is 0 Å². The van der Waals surface area contributed by atoms with Crippen LogP contribution in [-0.4, -0.2) is 28.1 Å². The van der Waals surface area contributed by atoms with Crippen molar-refractivity contribution in [2.45, 2.75) is 37.8 Å². The molecular formula is C21H21FN4O2. The van der Waals surface area contributed by atoms with Gasteiger partial charge in [0.25, 0.3) is 0 Å². The van der Waals surface area contributed by atoms with Gasteiger partial charge in [0.1, 0.15) is 6.10 Å². The second kappa shape index (κ2) is 8.21. The summed E-state index contributed by atoms with van der Waals surface area (Å²) in [6.45, 7) is 0. The third-order valence-electron chi connectivity index (χ3n) is 4.92. The van der Waals surface area contributed by atoms with Crippen LogP contribution in [0.3, 0.4) is 0 Å². The van der Waals surface area contributed by atoms with Crippen LogP contribution < -0.4 is 15.4 Å². The van der Waals surface area contributed by atoms with E-state index in [-0.39, 0.29) is 24.2 Å². The number of nitrogens with one attached hydrogen (secondary N) is 2. The first kappa shape index (κ1) is 18.2. The Morgan fingerprint density at radius 2 is 1.71 bits per heavy atom. The highest BCUT2D eigenvalue weighted by atomic mass is 19.1. The molecule has 28 heavy (non-hydrogen) atoms. The maximum Gasteiger partial charge on any atom is 0.319 e. The van der Waals surface area contributed by atoms with Gasteiger partial charge in [-0.2, -0.15) is 0 Å². The quantitative estimate of drug-likeness (QED) is 0.708. The summed E-state index contributed by atoms with van der Waals surface area (Å²) < 4.78 is 18.5. The van der Waals surface area contributed by atoms with Gasteiger partial charge in [-0.3, -0.25) is 0 Å². The number of nitrogens with zero attached hydrogens (tertiary/aromatic N) is 2. The van der Waals surface area contributed by atoms with Crippen molar-refractivity contribution >= 4 is 22.5 Å². The highest BCUT2D eigenvalue weighted by molar-refractivity contribution is 6.01. The van der Waals surface area contributed by atoms with Gasteiger partial charge in [0, 0.05) is 11.4 Å². The highest BCUT2D eigenvalue weighted by Gasteiger charge is 2.24. The SMILES string of the molecule is O=C(Nc1cccc2ccccc12)NC1CCC(Oc2ncc(F)cn2)CC1. The topological polar surface area (TPSA) is 76.1 Å². The molecule has 1 heterocycles. The summed E-state index contributed by atoms with van der Waals surface area (Å²) in [5, 5.41) is 8.08. The van der Waals surface area contributed by atoms with Gasteiger partial charge in [-0.1, -0.05) is 36.4 Å². The molecule has 0 radical (unpaired) electrons. The fraction of sp³-hybridized carbons (Fsp3) is 0.286. The monoisotopic (exact) mass is 380 g/mol. The number of anilines is 1. The van der Waals surface area contributed by atoms with Crippen LogP contribution in [0.2, 0.25) is 0 Å². The van der Waals surface area contributed by atoms with Gasteiger partial charge < -0.3 is 15.4 Å². The van der Waals surface area contributed by atoms with Crippen molar-refractivity contribution < 1.29 is 13.9 Å². The molecule has 0 spiro atoms. The predicted molar refractivity (Wildman–Crippen MR) is 105 cm³/mol. The summed E-state index contributed by atoms with van der Waals surface area (Å²) in [6.07, 6.45) is 5.31. The number of rotatable bonds is 4. The van der Waals surface area contributed by atoms with Crippen molar-refractivity contribution in [3.8, 4) is 6.01 Å². The van der Waals surface area contributed by atoms with Crippen LogP contribution in [0.4, 0.5) is 14.9 Å². The lowest BCUT2D eigenvalue weighted by atomic mass is 9.93. The minimum Gasteiger partial charge on any atom is -0.460 e. The zero-order valence-corrected chi connectivity index (χ0v) is 15.3. The van der Waals surface area contributed by atoms with E-state index in [2.05, 4.69) is 20.6 Å². The Labute approximate surface area is 162 Å². The first-order chi connectivity index (χ1) is 13.7. The van der Waals surface area contributed by atoms with Crippen molar-refractivity contribution in [3.63, 3.8) is 0 Å². The number of carbonyl (C=O) groups excluding carboxylic acids is 1. The van der Waals surface area contributed by atoms with E-state index in [1.807, 2.05) is 42.5 Å². The fourth-order valence-corrected chi connectivity index (χ4v) is 3.51. The summed E-state index contributed by atoms with van der Waals surface area (Å²) in [7, 11) is 0. The zero-order valence-electron chi connectivity index (χ0n) is 15.3. The van der Waals surface area contributed by atoms with Gasteiger partial charge in [-0.25, -0.2) is 19.2 Å². The Morgan fingerprint density at radius 3 is 2.50 bits per heavy atom. The molecule has 0 saturated heterocycles. The minimum atomic E-state index is -0.488. The number of urea groups is 1. The maximum absolute atomic E-state index is 12.9. The number of halogens is 1. The predicted octanol–water partition coefficient (Wildman–Crippen LogP) is 4.28. The molecule has 6 nitrogen and oxygen atoms in total. The second-order valence-electron chi connectivity index (χ2n) is 6.90. The number of amides is 2. The highest BCUT2D eigenvalue weighted by Crippen LogP contribution is 2.24. The summed E-state index contributed by atoms with van der Waals surface area (Å²) >= 11 is 0. The molecular weight excluding hydrogens is 359 g/mol. The normalized spacial score (nSPS) is 19.2. The Morgan fingerprint density at radius 1 is 1.00 bits per heavy atom. The van der Waals surface area contributed by atoms with E-state index in [0.29, 0.717) is 0 Å². The number of ether oxygens (including phenoxy) is 1. The molecule has 1 aromatic heterocycles. The molecule has 1 aliphatic carbocycles. The van der Waals surface area contributed by atoms with Gasteiger partial charge in [0.05, 0.1) is 18.1 Å². The molecule has 2 N–H and O–H groups in total. The fourth-order valence-electron chi connectivity index (χ4n) is 3.51. The van der Waals surface area contributed by atoms with Gasteiger partial charge >= 0.3 is 12.0 Å². The number of fused-ring (bicyclic) bond motifs is 1.